The van der Waals surface area contributed by atoms with E-state index in [1.165, 1.54) is 13.2 Å². The summed E-state index contributed by atoms with van der Waals surface area (Å²) in [5.74, 6) is 0.201. The number of nitro groups is 1. The van der Waals surface area contributed by atoms with Gasteiger partial charge in [-0.1, -0.05) is 13.0 Å². The lowest BCUT2D eigenvalue weighted by Gasteiger charge is -2.32. The van der Waals surface area contributed by atoms with Crippen LogP contribution in [0.4, 0.5) is 5.69 Å². The summed E-state index contributed by atoms with van der Waals surface area (Å²) in [7, 11) is 1.24. The van der Waals surface area contributed by atoms with Crippen molar-refractivity contribution in [3.63, 3.8) is 0 Å². The van der Waals surface area contributed by atoms with Crippen molar-refractivity contribution in [3.8, 4) is 5.75 Å². The van der Waals surface area contributed by atoms with Gasteiger partial charge in [0, 0.05) is 12.6 Å². The fraction of sp³-hybridized carbons (Fsp3) is 0.611. The van der Waals surface area contributed by atoms with Crippen molar-refractivity contribution in [1.82, 2.24) is 10.2 Å². The van der Waals surface area contributed by atoms with E-state index in [0.29, 0.717) is 12.5 Å². The van der Waals surface area contributed by atoms with E-state index >= 15 is 0 Å². The van der Waals surface area contributed by atoms with E-state index < -0.39 is 10.9 Å². The average Bonchev–Trinajstić information content (AvgIpc) is 2.66. The molecule has 144 valence electrons. The van der Waals surface area contributed by atoms with Crippen LogP contribution in [0.25, 0.3) is 0 Å². The summed E-state index contributed by atoms with van der Waals surface area (Å²) < 4.78 is 9.70. The number of nitrogens with one attached hydrogen (secondary N) is 1. The molecule has 8 nitrogen and oxygen atoms in total. The van der Waals surface area contributed by atoms with Crippen LogP contribution in [-0.4, -0.2) is 55.7 Å². The van der Waals surface area contributed by atoms with Gasteiger partial charge in [0.05, 0.1) is 12.0 Å². The number of likely N-dealkylation sites (tertiary alicyclic amines) is 1. The second-order valence-electron chi connectivity index (χ2n) is 6.45. The molecule has 2 rings (SSSR count). The topological polar surface area (TPSA) is 93.9 Å². The minimum Gasteiger partial charge on any atom is -0.475 e. The van der Waals surface area contributed by atoms with Crippen molar-refractivity contribution >= 4 is 11.7 Å². The number of ether oxygens (including phenoxy) is 2. The Morgan fingerprint density at radius 3 is 2.73 bits per heavy atom. The van der Waals surface area contributed by atoms with E-state index in [0.717, 1.165) is 44.6 Å². The Kier molecular flexibility index (Phi) is 7.80. The number of hydrogen-bond acceptors (Lipinski definition) is 7. The molecule has 0 spiro atoms. The second kappa shape index (κ2) is 10.1. The highest BCUT2D eigenvalue weighted by Crippen LogP contribution is 2.29. The third kappa shape index (κ3) is 5.96. The number of nitro benzene ring substituents is 1. The van der Waals surface area contributed by atoms with Crippen molar-refractivity contribution in [2.75, 3.05) is 39.9 Å². The van der Waals surface area contributed by atoms with Crippen molar-refractivity contribution < 1.29 is 19.2 Å². The van der Waals surface area contributed by atoms with E-state index in [2.05, 4.69) is 21.9 Å². The first-order valence-electron chi connectivity index (χ1n) is 8.93. The first-order valence-corrected chi connectivity index (χ1v) is 8.93. The highest BCUT2D eigenvalue weighted by molar-refractivity contribution is 5.71. The maximum absolute atomic E-state index is 11.3. The lowest BCUT2D eigenvalue weighted by Crippen LogP contribution is -2.36. The van der Waals surface area contributed by atoms with Gasteiger partial charge >= 0.3 is 11.7 Å². The predicted octanol–water partition coefficient (Wildman–Crippen LogP) is 1.97. The maximum atomic E-state index is 11.3. The number of methoxy groups -OCH3 is 1. The Morgan fingerprint density at radius 1 is 1.38 bits per heavy atom. The summed E-state index contributed by atoms with van der Waals surface area (Å²) in [6.07, 6.45) is 2.27. The highest BCUT2D eigenvalue weighted by atomic mass is 16.6. The molecule has 0 amide bonds. The van der Waals surface area contributed by atoms with E-state index in [4.69, 9.17) is 4.74 Å². The number of rotatable bonds is 9. The number of benzene rings is 1. The van der Waals surface area contributed by atoms with Crippen molar-refractivity contribution in [1.29, 1.82) is 0 Å². The van der Waals surface area contributed by atoms with Gasteiger partial charge in [-0.05, 0) is 56.6 Å². The van der Waals surface area contributed by atoms with Crippen LogP contribution in [-0.2, 0) is 16.1 Å². The summed E-state index contributed by atoms with van der Waals surface area (Å²) in [5, 5.41) is 14.7. The maximum Gasteiger partial charge on any atom is 0.343 e. The molecule has 0 bridgehead atoms. The second-order valence-corrected chi connectivity index (χ2v) is 6.45. The molecule has 26 heavy (non-hydrogen) atoms. The van der Waals surface area contributed by atoms with E-state index in [-0.39, 0.29) is 18.0 Å². The molecule has 1 fully saturated rings. The number of esters is 1. The first-order chi connectivity index (χ1) is 12.5. The lowest BCUT2D eigenvalue weighted by atomic mass is 9.96. The zero-order chi connectivity index (χ0) is 18.9. The Bertz CT molecular complexity index is 615. The molecule has 1 aliphatic rings. The Hall–Kier alpha value is -2.19. The largest absolute Gasteiger partial charge is 0.475 e. The van der Waals surface area contributed by atoms with Gasteiger partial charge in [0.1, 0.15) is 0 Å². The van der Waals surface area contributed by atoms with Crippen LogP contribution in [0, 0.1) is 16.0 Å². The van der Waals surface area contributed by atoms with Crippen molar-refractivity contribution in [3.05, 3.63) is 33.9 Å². The minimum absolute atomic E-state index is 0.0773. The zero-order valence-electron chi connectivity index (χ0n) is 15.4. The summed E-state index contributed by atoms with van der Waals surface area (Å²) in [6, 6.07) is 4.88. The fourth-order valence-electron chi connectivity index (χ4n) is 3.08. The molecular formula is C18H27N3O5. The standard InChI is InChI=1S/C18H27N3O5/c1-3-19-11-14-6-8-20(9-7-14)12-15-4-5-17(16(10-15)21(23)24)26-13-18(22)25-2/h4-5,10,14,19H,3,6-9,11-13H2,1-2H3. The van der Waals surface area contributed by atoms with Crippen LogP contribution in [0.2, 0.25) is 0 Å². The van der Waals surface area contributed by atoms with Crippen molar-refractivity contribution in [2.45, 2.75) is 26.3 Å². The molecule has 0 radical (unpaired) electrons. The molecule has 0 aromatic heterocycles. The Morgan fingerprint density at radius 2 is 2.12 bits per heavy atom. The normalized spacial score (nSPS) is 15.6. The van der Waals surface area contributed by atoms with E-state index in [1.807, 2.05) is 6.07 Å². The molecule has 1 heterocycles. The molecule has 0 aliphatic carbocycles. The molecule has 1 aromatic rings. The highest BCUT2D eigenvalue weighted by Gasteiger charge is 2.21. The molecule has 0 unspecified atom stereocenters. The minimum atomic E-state index is -0.580. The van der Waals surface area contributed by atoms with Gasteiger partial charge in [-0.15, -0.1) is 0 Å². The molecule has 1 aromatic carbocycles. The van der Waals surface area contributed by atoms with Gasteiger partial charge in [0.25, 0.3) is 0 Å². The van der Waals surface area contributed by atoms with E-state index in [9.17, 15) is 14.9 Å². The third-order valence-corrected chi connectivity index (χ3v) is 4.59. The van der Waals surface area contributed by atoms with Gasteiger partial charge < -0.3 is 14.8 Å². The molecule has 0 saturated carbocycles. The zero-order valence-corrected chi connectivity index (χ0v) is 15.4. The fourth-order valence-corrected chi connectivity index (χ4v) is 3.08. The number of nitrogens with zero attached hydrogens (tertiary/aromatic N) is 2. The number of carbonyl (C=O) groups is 1. The summed E-state index contributed by atoms with van der Waals surface area (Å²) in [5.41, 5.74) is 0.737. The Labute approximate surface area is 153 Å². The molecular weight excluding hydrogens is 338 g/mol. The van der Waals surface area contributed by atoms with Crippen LogP contribution in [0.3, 0.4) is 0 Å². The van der Waals surface area contributed by atoms with Crippen LogP contribution < -0.4 is 10.1 Å². The SMILES string of the molecule is CCNCC1CCN(Cc2ccc(OCC(=O)OC)c([N+](=O)[O-])c2)CC1. The van der Waals surface area contributed by atoms with E-state index in [1.54, 1.807) is 6.07 Å². The number of hydrogen-bond donors (Lipinski definition) is 1. The van der Waals surface area contributed by atoms with Gasteiger partial charge in [0.2, 0.25) is 0 Å². The van der Waals surface area contributed by atoms with Crippen LogP contribution in [0.5, 0.6) is 5.75 Å². The van der Waals surface area contributed by atoms with Gasteiger partial charge in [0.15, 0.2) is 12.4 Å². The Balaban J connectivity index is 1.95. The van der Waals surface area contributed by atoms with Gasteiger partial charge in [-0.2, -0.15) is 0 Å². The van der Waals surface area contributed by atoms with Gasteiger partial charge in [-0.3, -0.25) is 15.0 Å². The van der Waals surface area contributed by atoms with Crippen LogP contribution >= 0.6 is 0 Å². The lowest BCUT2D eigenvalue weighted by molar-refractivity contribution is -0.385. The average molecular weight is 365 g/mol. The molecule has 1 saturated heterocycles. The summed E-state index contributed by atoms with van der Waals surface area (Å²) >= 11 is 0. The van der Waals surface area contributed by atoms with Gasteiger partial charge in [-0.25, -0.2) is 4.79 Å². The monoisotopic (exact) mass is 365 g/mol. The van der Waals surface area contributed by atoms with Crippen molar-refractivity contribution in [2.24, 2.45) is 5.92 Å². The quantitative estimate of drug-likeness (QED) is 0.406. The number of piperidine rings is 1. The third-order valence-electron chi connectivity index (χ3n) is 4.59. The molecule has 8 heteroatoms. The summed E-state index contributed by atoms with van der Waals surface area (Å²) in [6.45, 7) is 6.47. The number of carbonyl (C=O) groups excluding carboxylic acids is 1. The molecule has 1 N–H and O–H groups in total. The molecule has 1 aliphatic heterocycles. The first kappa shape index (κ1) is 20.1. The molecule has 0 atom stereocenters. The summed E-state index contributed by atoms with van der Waals surface area (Å²) in [4.78, 5) is 24.3. The smallest absolute Gasteiger partial charge is 0.343 e. The predicted molar refractivity (Wildman–Crippen MR) is 97.2 cm³/mol. The van der Waals surface area contributed by atoms with Crippen LogP contribution in [0.15, 0.2) is 18.2 Å². The van der Waals surface area contributed by atoms with Crippen LogP contribution in [0.1, 0.15) is 25.3 Å².